The topological polar surface area (TPSA) is 43.1 Å². The number of benzene rings is 1. The molecule has 0 fully saturated rings. The predicted octanol–water partition coefficient (Wildman–Crippen LogP) is 3.43. The van der Waals surface area contributed by atoms with Gasteiger partial charge >= 0.3 is 6.18 Å². The van der Waals surface area contributed by atoms with Gasteiger partial charge in [-0.2, -0.15) is 13.2 Å². The van der Waals surface area contributed by atoms with Crippen molar-refractivity contribution in [2.45, 2.75) is 19.5 Å². The maximum atomic E-state index is 12.6. The molecule has 0 bridgehead atoms. The number of nitrogens with two attached hydrogens (primary N) is 1. The van der Waals surface area contributed by atoms with E-state index in [0.717, 1.165) is 13.0 Å². The molecule has 1 aromatic rings. The van der Waals surface area contributed by atoms with Crippen LogP contribution in [0.15, 0.2) is 12.1 Å². The molecule has 0 radical (unpaired) electrons. The lowest BCUT2D eigenvalue weighted by atomic mass is 9.98. The van der Waals surface area contributed by atoms with E-state index in [1.165, 1.54) is 0 Å². The third-order valence-corrected chi connectivity index (χ3v) is 2.18. The van der Waals surface area contributed by atoms with E-state index in [0.29, 0.717) is 6.07 Å². The molecule has 0 spiro atoms. The maximum Gasteiger partial charge on any atom is 0.419 e. The fourth-order valence-corrected chi connectivity index (χ4v) is 1.42. The molecule has 0 atom stereocenters. The Bertz CT molecular complexity index is 453. The Kier molecular flexibility index (Phi) is 3.40. The van der Waals surface area contributed by atoms with Crippen LogP contribution in [0.3, 0.4) is 0 Å². The molecule has 1 rings (SSSR count). The highest BCUT2D eigenvalue weighted by molar-refractivity contribution is 5.97. The van der Waals surface area contributed by atoms with Crippen molar-refractivity contribution in [3.05, 3.63) is 28.8 Å². The summed E-state index contributed by atoms with van der Waals surface area (Å²) >= 11 is 0. The molecule has 2 N–H and O–H groups in total. The highest BCUT2D eigenvalue weighted by atomic mass is 19.4. The summed E-state index contributed by atoms with van der Waals surface area (Å²) in [5.74, 6) is -0.884. The lowest BCUT2D eigenvalue weighted by Crippen LogP contribution is -2.16. The molecule has 94 valence electrons. The minimum absolute atomic E-state index is 0.709. The van der Waals surface area contributed by atoms with Gasteiger partial charge in [-0.05, 0) is 6.92 Å². The van der Waals surface area contributed by atoms with Gasteiger partial charge in [0.15, 0.2) is 5.78 Å². The van der Waals surface area contributed by atoms with Gasteiger partial charge in [-0.1, -0.05) is 12.1 Å². The molecule has 7 heteroatoms. The van der Waals surface area contributed by atoms with E-state index in [1.54, 1.807) is 0 Å². The molecule has 0 aromatic heterocycles. The molecule has 0 heterocycles. The standard InChI is InChI=1S/C10H8F5NO/c1-4(17)5-2-3-6(9(11)12)8(16)7(5)10(13,14)15/h2-3,9H,16H2,1H3. The van der Waals surface area contributed by atoms with Crippen LogP contribution in [0.2, 0.25) is 0 Å². The lowest BCUT2D eigenvalue weighted by Gasteiger charge is -2.16. The van der Waals surface area contributed by atoms with Crippen LogP contribution >= 0.6 is 0 Å². The number of hydrogen-bond acceptors (Lipinski definition) is 2. The maximum absolute atomic E-state index is 12.6. The van der Waals surface area contributed by atoms with Gasteiger partial charge in [0.25, 0.3) is 6.43 Å². The first-order valence-corrected chi connectivity index (χ1v) is 4.45. The number of halogens is 5. The molecule has 0 saturated heterocycles. The molecule has 0 aliphatic heterocycles. The Labute approximate surface area is 93.2 Å². The van der Waals surface area contributed by atoms with Crippen LogP contribution in [0.1, 0.15) is 34.8 Å². The van der Waals surface area contributed by atoms with Crippen molar-refractivity contribution in [1.82, 2.24) is 0 Å². The van der Waals surface area contributed by atoms with Gasteiger partial charge < -0.3 is 5.73 Å². The third-order valence-electron chi connectivity index (χ3n) is 2.18. The number of alkyl halides is 5. The Hall–Kier alpha value is -1.66. The summed E-state index contributed by atoms with van der Waals surface area (Å²) in [6.45, 7) is 0.909. The minimum Gasteiger partial charge on any atom is -0.398 e. The number of Topliss-reactive ketones (excluding diaryl/α,β-unsaturated/α-hetero) is 1. The van der Waals surface area contributed by atoms with Crippen LogP contribution in [-0.4, -0.2) is 5.78 Å². The van der Waals surface area contributed by atoms with E-state index in [2.05, 4.69) is 0 Å². The number of ketones is 1. The van der Waals surface area contributed by atoms with Crippen LogP contribution in [-0.2, 0) is 6.18 Å². The SMILES string of the molecule is CC(=O)c1ccc(C(F)F)c(N)c1C(F)(F)F. The van der Waals surface area contributed by atoms with Crippen LogP contribution in [0.4, 0.5) is 27.6 Å². The van der Waals surface area contributed by atoms with E-state index in [1.807, 2.05) is 0 Å². The van der Waals surface area contributed by atoms with Crippen molar-refractivity contribution in [3.8, 4) is 0 Å². The van der Waals surface area contributed by atoms with E-state index in [4.69, 9.17) is 5.73 Å². The van der Waals surface area contributed by atoms with E-state index in [-0.39, 0.29) is 0 Å². The number of nitrogen functional groups attached to an aromatic ring is 1. The molecule has 0 saturated carbocycles. The summed E-state index contributed by atoms with van der Waals surface area (Å²) < 4.78 is 62.7. The molecule has 1 aromatic carbocycles. The number of carbonyl (C=O) groups excluding carboxylic acids is 1. The van der Waals surface area contributed by atoms with Crippen molar-refractivity contribution in [1.29, 1.82) is 0 Å². The predicted molar refractivity (Wildman–Crippen MR) is 50.8 cm³/mol. The van der Waals surface area contributed by atoms with Crippen LogP contribution in [0.5, 0.6) is 0 Å². The number of anilines is 1. The van der Waals surface area contributed by atoms with Crippen molar-refractivity contribution in [3.63, 3.8) is 0 Å². The van der Waals surface area contributed by atoms with Gasteiger partial charge in [0, 0.05) is 11.1 Å². The minimum atomic E-state index is -4.95. The second kappa shape index (κ2) is 4.31. The zero-order valence-corrected chi connectivity index (χ0v) is 8.61. The van der Waals surface area contributed by atoms with Gasteiger partial charge in [-0.15, -0.1) is 0 Å². The first kappa shape index (κ1) is 13.4. The summed E-state index contributed by atoms with van der Waals surface area (Å²) in [5.41, 5.74) is 0.825. The quantitative estimate of drug-likeness (QED) is 0.498. The van der Waals surface area contributed by atoms with Crippen LogP contribution in [0, 0.1) is 0 Å². The van der Waals surface area contributed by atoms with E-state index in [9.17, 15) is 26.7 Å². The van der Waals surface area contributed by atoms with Crippen molar-refractivity contribution in [2.75, 3.05) is 5.73 Å². The molecule has 0 aliphatic rings. The normalized spacial score (nSPS) is 11.9. The molecule has 17 heavy (non-hydrogen) atoms. The summed E-state index contributed by atoms with van der Waals surface area (Å²) in [7, 11) is 0. The highest BCUT2D eigenvalue weighted by Crippen LogP contribution is 2.40. The van der Waals surface area contributed by atoms with Gasteiger partial charge in [0.2, 0.25) is 0 Å². The number of rotatable bonds is 2. The van der Waals surface area contributed by atoms with Gasteiger partial charge in [0.1, 0.15) is 0 Å². The second-order valence-corrected chi connectivity index (χ2v) is 3.35. The van der Waals surface area contributed by atoms with Crippen molar-refractivity contribution in [2.24, 2.45) is 0 Å². The first-order chi connectivity index (χ1) is 7.66. The summed E-state index contributed by atoms with van der Waals surface area (Å²) in [6, 6.07) is 1.44. The van der Waals surface area contributed by atoms with Crippen molar-refractivity contribution < 1.29 is 26.7 Å². The second-order valence-electron chi connectivity index (χ2n) is 3.35. The molecule has 0 aliphatic carbocycles. The fraction of sp³-hybridized carbons (Fsp3) is 0.300. The largest absolute Gasteiger partial charge is 0.419 e. The zero-order valence-electron chi connectivity index (χ0n) is 8.61. The molecule has 0 amide bonds. The van der Waals surface area contributed by atoms with Crippen LogP contribution in [0.25, 0.3) is 0 Å². The van der Waals surface area contributed by atoms with Crippen LogP contribution < -0.4 is 5.73 Å². The first-order valence-electron chi connectivity index (χ1n) is 4.45. The average molecular weight is 253 g/mol. The summed E-state index contributed by atoms with van der Waals surface area (Å²) in [4.78, 5) is 11.0. The van der Waals surface area contributed by atoms with Gasteiger partial charge in [-0.3, -0.25) is 4.79 Å². The highest BCUT2D eigenvalue weighted by Gasteiger charge is 2.38. The average Bonchev–Trinajstić information content (AvgIpc) is 2.14. The summed E-state index contributed by atoms with van der Waals surface area (Å²) in [6.07, 6.45) is -8.08. The third kappa shape index (κ3) is 2.54. The molecular weight excluding hydrogens is 245 g/mol. The van der Waals surface area contributed by atoms with E-state index < -0.39 is 40.8 Å². The monoisotopic (exact) mass is 253 g/mol. The zero-order chi connectivity index (χ0) is 13.4. The van der Waals surface area contributed by atoms with Crippen molar-refractivity contribution >= 4 is 11.5 Å². The Balaban J connectivity index is 3.60. The Morgan fingerprint density at radius 2 is 1.82 bits per heavy atom. The van der Waals surface area contributed by atoms with E-state index >= 15 is 0 Å². The number of carbonyl (C=O) groups is 1. The van der Waals surface area contributed by atoms with Gasteiger partial charge in [-0.25, -0.2) is 8.78 Å². The van der Waals surface area contributed by atoms with Gasteiger partial charge in [0.05, 0.1) is 11.3 Å². The Morgan fingerprint density at radius 1 is 1.29 bits per heavy atom. The molecular formula is C10H8F5NO. The number of hydrogen-bond donors (Lipinski definition) is 1. The molecule has 0 unspecified atom stereocenters. The smallest absolute Gasteiger partial charge is 0.398 e. The Morgan fingerprint density at radius 3 is 2.18 bits per heavy atom. The lowest BCUT2D eigenvalue weighted by molar-refractivity contribution is -0.137. The fourth-order valence-electron chi connectivity index (χ4n) is 1.42. The summed E-state index contributed by atoms with van der Waals surface area (Å²) in [5, 5.41) is 0. The molecule has 2 nitrogen and oxygen atoms in total.